The average Bonchev–Trinajstić information content (AvgIpc) is 3.27. The molecule has 4 rings (SSSR count). The summed E-state index contributed by atoms with van der Waals surface area (Å²) < 4.78 is 24.9. The molecule has 1 unspecified atom stereocenters. The van der Waals surface area contributed by atoms with E-state index in [2.05, 4.69) is 10.6 Å². The number of carbonyl (C=O) groups excluding carboxylic acids is 3. The van der Waals surface area contributed by atoms with Gasteiger partial charge in [0.05, 0.1) is 25.8 Å². The van der Waals surface area contributed by atoms with Crippen LogP contribution in [0.15, 0.2) is 36.4 Å². The molecule has 0 radical (unpaired) electrons. The van der Waals surface area contributed by atoms with Crippen LogP contribution in [0, 0.1) is 17.7 Å². The molecule has 1 atom stereocenters. The van der Waals surface area contributed by atoms with Gasteiger partial charge in [-0.1, -0.05) is 19.3 Å². The van der Waals surface area contributed by atoms with E-state index in [1.807, 2.05) is 0 Å². The number of anilines is 3. The Labute approximate surface area is 203 Å². The molecule has 2 aromatic carbocycles. The second-order valence-electron chi connectivity index (χ2n) is 8.95. The number of benzene rings is 2. The van der Waals surface area contributed by atoms with Gasteiger partial charge in [0.1, 0.15) is 5.82 Å². The van der Waals surface area contributed by atoms with E-state index >= 15 is 0 Å². The van der Waals surface area contributed by atoms with Crippen molar-refractivity contribution >= 4 is 34.8 Å². The van der Waals surface area contributed by atoms with Crippen molar-refractivity contribution in [3.05, 3.63) is 42.2 Å². The summed E-state index contributed by atoms with van der Waals surface area (Å²) in [5.41, 5.74) is 0.998. The summed E-state index contributed by atoms with van der Waals surface area (Å²) in [5, 5.41) is 5.43. The number of nitrogens with one attached hydrogen (secondary N) is 2. The molecule has 2 N–H and O–H groups in total. The van der Waals surface area contributed by atoms with E-state index in [-0.39, 0.29) is 42.3 Å². The van der Waals surface area contributed by atoms with Crippen LogP contribution in [0.1, 0.15) is 38.5 Å². The zero-order valence-electron chi connectivity index (χ0n) is 19.9. The maximum Gasteiger partial charge on any atom is 0.229 e. The van der Waals surface area contributed by atoms with Crippen LogP contribution in [0.2, 0.25) is 0 Å². The number of halogens is 1. The lowest BCUT2D eigenvalue weighted by atomic mass is 9.88. The zero-order valence-corrected chi connectivity index (χ0v) is 19.9. The van der Waals surface area contributed by atoms with E-state index in [9.17, 15) is 18.8 Å². The largest absolute Gasteiger partial charge is 0.493 e. The van der Waals surface area contributed by atoms with Crippen molar-refractivity contribution in [2.24, 2.45) is 11.8 Å². The first-order chi connectivity index (χ1) is 16.9. The van der Waals surface area contributed by atoms with E-state index in [1.165, 1.54) is 37.3 Å². The first-order valence-electron chi connectivity index (χ1n) is 11.8. The third kappa shape index (κ3) is 5.55. The van der Waals surface area contributed by atoms with E-state index in [4.69, 9.17) is 9.47 Å². The van der Waals surface area contributed by atoms with Gasteiger partial charge in [0.2, 0.25) is 17.7 Å². The molecule has 1 heterocycles. The minimum atomic E-state index is -0.582. The number of rotatable bonds is 7. The highest BCUT2D eigenvalue weighted by Gasteiger charge is 2.35. The number of ether oxygens (including phenoxy) is 2. The van der Waals surface area contributed by atoms with Crippen LogP contribution >= 0.6 is 0 Å². The van der Waals surface area contributed by atoms with Crippen molar-refractivity contribution in [2.75, 3.05) is 36.3 Å². The van der Waals surface area contributed by atoms with Crippen LogP contribution in [0.3, 0.4) is 0 Å². The fraction of sp³-hybridized carbons (Fsp3) is 0.423. The van der Waals surface area contributed by atoms with Crippen LogP contribution < -0.4 is 25.0 Å². The topological polar surface area (TPSA) is 97.0 Å². The highest BCUT2D eigenvalue weighted by molar-refractivity contribution is 6.04. The van der Waals surface area contributed by atoms with Crippen LogP contribution in [0.25, 0.3) is 0 Å². The van der Waals surface area contributed by atoms with E-state index in [0.29, 0.717) is 22.9 Å². The molecule has 0 aromatic heterocycles. The lowest BCUT2D eigenvalue weighted by Gasteiger charge is -2.21. The number of methoxy groups -OCH3 is 2. The molecule has 1 aliphatic carbocycles. The monoisotopic (exact) mass is 483 g/mol. The summed E-state index contributed by atoms with van der Waals surface area (Å²) in [6, 6.07) is 9.20. The summed E-state index contributed by atoms with van der Waals surface area (Å²) in [6.45, 7) is 0.201. The fourth-order valence-corrected chi connectivity index (χ4v) is 4.67. The molecule has 2 aliphatic rings. The van der Waals surface area contributed by atoms with Gasteiger partial charge in [0.15, 0.2) is 11.5 Å². The Bertz CT molecular complexity index is 1120. The minimum Gasteiger partial charge on any atom is -0.493 e. The molecule has 1 saturated carbocycles. The number of amides is 3. The van der Waals surface area contributed by atoms with Crippen LogP contribution in [-0.2, 0) is 14.4 Å². The van der Waals surface area contributed by atoms with Gasteiger partial charge < -0.3 is 25.0 Å². The smallest absolute Gasteiger partial charge is 0.229 e. The average molecular weight is 484 g/mol. The quantitative estimate of drug-likeness (QED) is 0.610. The van der Waals surface area contributed by atoms with Crippen LogP contribution in [0.5, 0.6) is 11.5 Å². The second-order valence-corrected chi connectivity index (χ2v) is 8.95. The first-order valence-corrected chi connectivity index (χ1v) is 11.8. The van der Waals surface area contributed by atoms with E-state index < -0.39 is 11.7 Å². The SMILES string of the molecule is COc1ccc(N2CC(C(=O)Nc3ccc(F)c(NC(=O)C4CCCCC4)c3)CC2=O)cc1OC. The normalized spacial score (nSPS) is 18.3. The summed E-state index contributed by atoms with van der Waals surface area (Å²) >= 11 is 0. The Morgan fingerprint density at radius 1 is 0.914 bits per heavy atom. The zero-order chi connectivity index (χ0) is 24.9. The molecule has 8 nitrogen and oxygen atoms in total. The standard InChI is InChI=1S/C26H30FN3O5/c1-34-22-11-9-19(14-23(22)35-2)30-15-17(12-24(30)31)26(33)28-18-8-10-20(27)21(13-18)29-25(32)16-6-4-3-5-7-16/h8-11,13-14,16-17H,3-7,12,15H2,1-2H3,(H,28,33)(H,29,32). The molecule has 0 bridgehead atoms. The molecule has 2 fully saturated rings. The van der Waals surface area contributed by atoms with Gasteiger partial charge in [-0.25, -0.2) is 4.39 Å². The van der Waals surface area contributed by atoms with E-state index in [1.54, 1.807) is 18.2 Å². The highest BCUT2D eigenvalue weighted by Crippen LogP contribution is 2.34. The number of hydrogen-bond acceptors (Lipinski definition) is 5. The molecule has 3 amide bonds. The Morgan fingerprint density at radius 2 is 1.63 bits per heavy atom. The van der Waals surface area contributed by atoms with Crippen molar-refractivity contribution in [3.63, 3.8) is 0 Å². The molecule has 0 spiro atoms. The molecule has 9 heteroatoms. The van der Waals surface area contributed by atoms with Crippen molar-refractivity contribution < 1.29 is 28.2 Å². The highest BCUT2D eigenvalue weighted by atomic mass is 19.1. The van der Waals surface area contributed by atoms with Gasteiger partial charge in [0, 0.05) is 36.3 Å². The van der Waals surface area contributed by atoms with Crippen LogP contribution in [0.4, 0.5) is 21.5 Å². The Kier molecular flexibility index (Phi) is 7.53. The van der Waals surface area contributed by atoms with Crippen molar-refractivity contribution in [1.82, 2.24) is 0 Å². The van der Waals surface area contributed by atoms with Gasteiger partial charge in [-0.05, 0) is 43.2 Å². The molecular formula is C26H30FN3O5. The number of hydrogen-bond donors (Lipinski definition) is 2. The van der Waals surface area contributed by atoms with Crippen LogP contribution in [-0.4, -0.2) is 38.5 Å². The number of carbonyl (C=O) groups is 3. The van der Waals surface area contributed by atoms with Crippen molar-refractivity contribution in [3.8, 4) is 11.5 Å². The first kappa shape index (κ1) is 24.5. The summed E-state index contributed by atoms with van der Waals surface area (Å²) in [7, 11) is 3.04. The molecule has 186 valence electrons. The summed E-state index contributed by atoms with van der Waals surface area (Å²) in [4.78, 5) is 39.6. The van der Waals surface area contributed by atoms with Gasteiger partial charge in [-0.2, -0.15) is 0 Å². The van der Waals surface area contributed by atoms with Crippen molar-refractivity contribution in [2.45, 2.75) is 38.5 Å². The predicted octanol–water partition coefficient (Wildman–Crippen LogP) is 4.35. The maximum atomic E-state index is 14.3. The molecule has 1 saturated heterocycles. The molecule has 1 aliphatic heterocycles. The Balaban J connectivity index is 1.41. The van der Waals surface area contributed by atoms with Gasteiger partial charge in [-0.15, -0.1) is 0 Å². The Morgan fingerprint density at radius 3 is 2.34 bits per heavy atom. The lowest BCUT2D eigenvalue weighted by Crippen LogP contribution is -2.28. The molecule has 2 aromatic rings. The minimum absolute atomic E-state index is 0.0350. The third-order valence-corrected chi connectivity index (χ3v) is 6.64. The third-order valence-electron chi connectivity index (χ3n) is 6.64. The Hall–Kier alpha value is -3.62. The lowest BCUT2D eigenvalue weighted by molar-refractivity contribution is -0.122. The molecule has 35 heavy (non-hydrogen) atoms. The fourth-order valence-electron chi connectivity index (χ4n) is 4.67. The van der Waals surface area contributed by atoms with Gasteiger partial charge >= 0.3 is 0 Å². The van der Waals surface area contributed by atoms with Crippen molar-refractivity contribution in [1.29, 1.82) is 0 Å². The second kappa shape index (κ2) is 10.8. The molecular weight excluding hydrogens is 453 g/mol. The van der Waals surface area contributed by atoms with Gasteiger partial charge in [0.25, 0.3) is 0 Å². The number of nitrogens with zero attached hydrogens (tertiary/aromatic N) is 1. The van der Waals surface area contributed by atoms with Gasteiger partial charge in [-0.3, -0.25) is 14.4 Å². The summed E-state index contributed by atoms with van der Waals surface area (Å²) in [6.07, 6.45) is 4.76. The maximum absolute atomic E-state index is 14.3. The predicted molar refractivity (Wildman–Crippen MR) is 130 cm³/mol. The summed E-state index contributed by atoms with van der Waals surface area (Å²) in [5.74, 6) is -0.967. The van der Waals surface area contributed by atoms with E-state index in [0.717, 1.165) is 32.1 Å².